The van der Waals surface area contributed by atoms with Gasteiger partial charge in [0, 0.05) is 27.5 Å². The van der Waals surface area contributed by atoms with Crippen molar-refractivity contribution < 1.29 is 4.39 Å². The molecule has 0 bridgehead atoms. The Bertz CT molecular complexity index is 481. The van der Waals surface area contributed by atoms with E-state index in [0.717, 1.165) is 15.6 Å². The molecule has 2 N–H and O–H groups in total. The van der Waals surface area contributed by atoms with E-state index >= 15 is 0 Å². The van der Waals surface area contributed by atoms with Crippen molar-refractivity contribution in [3.63, 3.8) is 0 Å². The number of hydrogen-bond acceptors (Lipinski definition) is 2. The smallest absolute Gasteiger partial charge is 0.131 e. The molecule has 0 amide bonds. The molecule has 0 fully saturated rings. The van der Waals surface area contributed by atoms with Gasteiger partial charge < -0.3 is 5.73 Å². The zero-order valence-corrected chi connectivity index (χ0v) is 10.2. The number of nitrogens with two attached hydrogens (primary N) is 1. The molecule has 0 radical (unpaired) electrons. The molecule has 1 aromatic carbocycles. The molecule has 0 aliphatic rings. The Balaban J connectivity index is 2.56. The van der Waals surface area contributed by atoms with E-state index in [1.54, 1.807) is 12.1 Å². The van der Waals surface area contributed by atoms with Gasteiger partial charge in [-0.2, -0.15) is 11.3 Å². The van der Waals surface area contributed by atoms with Crippen molar-refractivity contribution in [2.24, 2.45) is 5.73 Å². The first kappa shape index (κ1) is 10.8. The summed E-state index contributed by atoms with van der Waals surface area (Å²) < 4.78 is 14.5. The summed E-state index contributed by atoms with van der Waals surface area (Å²) in [5.74, 6) is -0.216. The summed E-state index contributed by atoms with van der Waals surface area (Å²) in [6.07, 6.45) is 0. The molecular weight excluding hydrogens is 277 g/mol. The lowest BCUT2D eigenvalue weighted by molar-refractivity contribution is 0.630. The van der Waals surface area contributed by atoms with E-state index in [9.17, 15) is 4.39 Å². The first-order valence-electron chi connectivity index (χ1n) is 4.43. The van der Waals surface area contributed by atoms with E-state index in [-0.39, 0.29) is 5.82 Å². The van der Waals surface area contributed by atoms with Crippen LogP contribution in [-0.2, 0) is 6.54 Å². The molecule has 2 aromatic rings. The highest BCUT2D eigenvalue weighted by molar-refractivity contribution is 9.10. The van der Waals surface area contributed by atoms with Gasteiger partial charge in [-0.15, -0.1) is 0 Å². The largest absolute Gasteiger partial charge is 0.326 e. The third-order valence-electron chi connectivity index (χ3n) is 2.17. The maximum absolute atomic E-state index is 13.6. The Morgan fingerprint density at radius 1 is 1.27 bits per heavy atom. The van der Waals surface area contributed by atoms with Crippen molar-refractivity contribution in [3.05, 3.63) is 44.8 Å². The van der Waals surface area contributed by atoms with Crippen molar-refractivity contribution in [1.82, 2.24) is 0 Å². The lowest BCUT2D eigenvalue weighted by Crippen LogP contribution is -1.97. The van der Waals surface area contributed by atoms with Gasteiger partial charge in [0.25, 0.3) is 0 Å². The molecule has 15 heavy (non-hydrogen) atoms. The van der Waals surface area contributed by atoms with Gasteiger partial charge in [-0.3, -0.25) is 0 Å². The minimum Gasteiger partial charge on any atom is -0.326 e. The van der Waals surface area contributed by atoms with E-state index in [0.29, 0.717) is 12.1 Å². The normalized spacial score (nSPS) is 10.6. The quantitative estimate of drug-likeness (QED) is 0.893. The average molecular weight is 286 g/mol. The van der Waals surface area contributed by atoms with Crippen molar-refractivity contribution in [2.75, 3.05) is 0 Å². The SMILES string of the molecule is NCc1ccc(F)c(-c2cscc2Br)c1. The van der Waals surface area contributed by atoms with Crippen LogP contribution in [0.3, 0.4) is 0 Å². The first-order chi connectivity index (χ1) is 7.22. The summed E-state index contributed by atoms with van der Waals surface area (Å²) in [5.41, 5.74) is 7.95. The maximum atomic E-state index is 13.6. The molecular formula is C11H9BrFNS. The highest BCUT2D eigenvalue weighted by Crippen LogP contribution is 2.33. The summed E-state index contributed by atoms with van der Waals surface area (Å²) in [7, 11) is 0. The van der Waals surface area contributed by atoms with Gasteiger partial charge in [-0.05, 0) is 39.0 Å². The molecule has 4 heteroatoms. The highest BCUT2D eigenvalue weighted by atomic mass is 79.9. The molecule has 0 saturated heterocycles. The number of halogens is 2. The zero-order valence-electron chi connectivity index (χ0n) is 7.84. The second kappa shape index (κ2) is 4.43. The Morgan fingerprint density at radius 2 is 2.07 bits per heavy atom. The summed E-state index contributed by atoms with van der Waals surface area (Å²) >= 11 is 4.93. The predicted molar refractivity (Wildman–Crippen MR) is 65.3 cm³/mol. The second-order valence-corrected chi connectivity index (χ2v) is 4.75. The number of hydrogen-bond donors (Lipinski definition) is 1. The van der Waals surface area contributed by atoms with Crippen molar-refractivity contribution in [2.45, 2.75) is 6.54 Å². The Labute approximate surface area is 99.9 Å². The lowest BCUT2D eigenvalue weighted by Gasteiger charge is -2.04. The number of benzene rings is 1. The molecule has 1 aromatic heterocycles. The molecule has 0 atom stereocenters. The summed E-state index contributed by atoms with van der Waals surface area (Å²) in [5, 5.41) is 3.85. The van der Waals surface area contributed by atoms with Crippen LogP contribution in [0.1, 0.15) is 5.56 Å². The molecule has 0 aliphatic carbocycles. The van der Waals surface area contributed by atoms with Crippen LogP contribution in [0.5, 0.6) is 0 Å². The van der Waals surface area contributed by atoms with E-state index in [1.165, 1.54) is 17.4 Å². The van der Waals surface area contributed by atoms with Crippen LogP contribution in [-0.4, -0.2) is 0 Å². The Kier molecular flexibility index (Phi) is 3.19. The molecule has 0 spiro atoms. The Hall–Kier alpha value is -0.710. The van der Waals surface area contributed by atoms with Crippen LogP contribution in [0, 0.1) is 5.82 Å². The van der Waals surface area contributed by atoms with Gasteiger partial charge in [-0.25, -0.2) is 4.39 Å². The molecule has 0 saturated carbocycles. The lowest BCUT2D eigenvalue weighted by atomic mass is 10.1. The van der Waals surface area contributed by atoms with Gasteiger partial charge in [0.1, 0.15) is 5.82 Å². The monoisotopic (exact) mass is 285 g/mol. The molecule has 0 unspecified atom stereocenters. The Morgan fingerprint density at radius 3 is 2.67 bits per heavy atom. The third-order valence-corrected chi connectivity index (χ3v) is 3.87. The van der Waals surface area contributed by atoms with Crippen molar-refractivity contribution >= 4 is 27.3 Å². The fraction of sp³-hybridized carbons (Fsp3) is 0.0909. The topological polar surface area (TPSA) is 26.0 Å². The summed E-state index contributed by atoms with van der Waals surface area (Å²) in [6.45, 7) is 0.426. The first-order valence-corrected chi connectivity index (χ1v) is 6.16. The van der Waals surface area contributed by atoms with Crippen LogP contribution >= 0.6 is 27.3 Å². The fourth-order valence-corrected chi connectivity index (χ4v) is 2.89. The summed E-state index contributed by atoms with van der Waals surface area (Å²) in [6, 6.07) is 4.96. The third kappa shape index (κ3) is 2.12. The number of rotatable bonds is 2. The van der Waals surface area contributed by atoms with Crippen LogP contribution in [0.4, 0.5) is 4.39 Å². The number of thiophene rings is 1. The van der Waals surface area contributed by atoms with Gasteiger partial charge in [0.05, 0.1) is 0 Å². The van der Waals surface area contributed by atoms with Crippen molar-refractivity contribution in [1.29, 1.82) is 0 Å². The van der Waals surface area contributed by atoms with E-state index in [4.69, 9.17) is 5.73 Å². The van der Waals surface area contributed by atoms with Crippen LogP contribution in [0.2, 0.25) is 0 Å². The standard InChI is InChI=1S/C11H9BrFNS/c12-10-6-15-5-9(10)8-3-7(4-14)1-2-11(8)13/h1-3,5-6H,4,14H2. The van der Waals surface area contributed by atoms with Gasteiger partial charge in [0.2, 0.25) is 0 Å². The van der Waals surface area contributed by atoms with Crippen LogP contribution < -0.4 is 5.73 Å². The average Bonchev–Trinajstić information content (AvgIpc) is 2.65. The minimum absolute atomic E-state index is 0.216. The van der Waals surface area contributed by atoms with Crippen LogP contribution in [0.15, 0.2) is 33.4 Å². The van der Waals surface area contributed by atoms with E-state index in [2.05, 4.69) is 15.9 Å². The highest BCUT2D eigenvalue weighted by Gasteiger charge is 2.09. The maximum Gasteiger partial charge on any atom is 0.131 e. The minimum atomic E-state index is -0.216. The van der Waals surface area contributed by atoms with Gasteiger partial charge in [0.15, 0.2) is 0 Å². The molecule has 2 rings (SSSR count). The molecule has 0 aliphatic heterocycles. The van der Waals surface area contributed by atoms with Crippen molar-refractivity contribution in [3.8, 4) is 11.1 Å². The molecule has 1 heterocycles. The van der Waals surface area contributed by atoms with Crippen LogP contribution in [0.25, 0.3) is 11.1 Å². The predicted octanol–water partition coefficient (Wildman–Crippen LogP) is 3.78. The fourth-order valence-electron chi connectivity index (χ4n) is 1.38. The van der Waals surface area contributed by atoms with Gasteiger partial charge in [-0.1, -0.05) is 6.07 Å². The molecule has 78 valence electrons. The van der Waals surface area contributed by atoms with E-state index < -0.39 is 0 Å². The second-order valence-electron chi connectivity index (χ2n) is 3.15. The summed E-state index contributed by atoms with van der Waals surface area (Å²) in [4.78, 5) is 0. The molecule has 1 nitrogen and oxygen atoms in total. The zero-order chi connectivity index (χ0) is 10.8. The van der Waals surface area contributed by atoms with Gasteiger partial charge >= 0.3 is 0 Å². The van der Waals surface area contributed by atoms with E-state index in [1.807, 2.05) is 10.8 Å².